The van der Waals surface area contributed by atoms with Crippen molar-refractivity contribution in [3.05, 3.63) is 57.1 Å². The number of nitrogens with one attached hydrogen (secondary N) is 1. The molecule has 2 aromatic rings. The Hall–Kier alpha value is -2.41. The maximum Gasteiger partial charge on any atom is 0.250 e. The van der Waals surface area contributed by atoms with Gasteiger partial charge < -0.3 is 5.32 Å². The average Bonchev–Trinajstić information content (AvgIpc) is 3.44. The zero-order valence-electron chi connectivity index (χ0n) is 17.6. The van der Waals surface area contributed by atoms with Crippen LogP contribution in [0, 0.1) is 25.7 Å². The Morgan fingerprint density at radius 2 is 1.84 bits per heavy atom. The third-order valence-electron chi connectivity index (χ3n) is 7.68. The van der Waals surface area contributed by atoms with Crippen LogP contribution < -0.4 is 10.2 Å². The molecule has 1 spiro atoms. The van der Waals surface area contributed by atoms with Gasteiger partial charge in [-0.25, -0.2) is 4.90 Å². The number of benzene rings is 2. The van der Waals surface area contributed by atoms with Gasteiger partial charge in [0.25, 0.3) is 5.91 Å². The predicted octanol–water partition coefficient (Wildman–Crippen LogP) is 4.04. The second-order valence-corrected chi connectivity index (χ2v) is 10.0. The number of rotatable bonds is 1. The Morgan fingerprint density at radius 1 is 1.06 bits per heavy atom. The molecule has 6 rings (SSSR count). The van der Waals surface area contributed by atoms with E-state index in [-0.39, 0.29) is 23.8 Å². The van der Waals surface area contributed by atoms with Gasteiger partial charge in [-0.05, 0) is 62.6 Å². The van der Waals surface area contributed by atoms with E-state index in [1.165, 1.54) is 4.90 Å². The van der Waals surface area contributed by atoms with Gasteiger partial charge in [0.2, 0.25) is 11.8 Å². The number of imide groups is 1. The van der Waals surface area contributed by atoms with Crippen LogP contribution in [0.5, 0.6) is 0 Å². The molecule has 6 nitrogen and oxygen atoms in total. The van der Waals surface area contributed by atoms with E-state index in [9.17, 15) is 14.4 Å². The van der Waals surface area contributed by atoms with Gasteiger partial charge in [-0.2, -0.15) is 0 Å². The molecule has 4 aliphatic heterocycles. The topological polar surface area (TPSA) is 69.7 Å². The monoisotopic (exact) mass is 469 g/mol. The van der Waals surface area contributed by atoms with Crippen molar-refractivity contribution in [3.8, 4) is 0 Å². The van der Waals surface area contributed by atoms with Gasteiger partial charge in [0, 0.05) is 16.6 Å². The fourth-order valence-electron chi connectivity index (χ4n) is 6.47. The number of aryl methyl sites for hydroxylation is 1. The number of halogens is 2. The van der Waals surface area contributed by atoms with E-state index in [0.29, 0.717) is 39.1 Å². The lowest BCUT2D eigenvalue weighted by atomic mass is 9.75. The van der Waals surface area contributed by atoms with Crippen molar-refractivity contribution in [1.82, 2.24) is 4.90 Å². The lowest BCUT2D eigenvalue weighted by Crippen LogP contribution is -2.54. The second kappa shape index (κ2) is 6.56. The Labute approximate surface area is 195 Å². The first-order valence-electron chi connectivity index (χ1n) is 10.8. The third kappa shape index (κ3) is 2.23. The number of fused-ring (bicyclic) bond motifs is 7. The number of carbonyl (C=O) groups is 3. The van der Waals surface area contributed by atoms with Crippen molar-refractivity contribution in [1.29, 1.82) is 0 Å². The van der Waals surface area contributed by atoms with Crippen molar-refractivity contribution in [2.24, 2.45) is 11.8 Å². The van der Waals surface area contributed by atoms with E-state index in [1.54, 1.807) is 31.2 Å². The summed E-state index contributed by atoms with van der Waals surface area (Å²) in [5, 5.41) is 3.88. The molecular weight excluding hydrogens is 449 g/mol. The average molecular weight is 470 g/mol. The van der Waals surface area contributed by atoms with E-state index in [4.69, 9.17) is 23.2 Å². The van der Waals surface area contributed by atoms with Crippen LogP contribution in [0.1, 0.15) is 29.5 Å². The van der Waals surface area contributed by atoms with Crippen LogP contribution in [-0.2, 0) is 19.9 Å². The van der Waals surface area contributed by atoms with Gasteiger partial charge >= 0.3 is 0 Å². The molecule has 0 unspecified atom stereocenters. The molecule has 4 atom stereocenters. The maximum atomic E-state index is 14.0. The fourth-order valence-corrected chi connectivity index (χ4v) is 6.96. The quantitative estimate of drug-likeness (QED) is 0.639. The van der Waals surface area contributed by atoms with E-state index in [1.807, 2.05) is 13.0 Å². The van der Waals surface area contributed by atoms with Crippen LogP contribution in [0.4, 0.5) is 11.4 Å². The van der Waals surface area contributed by atoms with Crippen molar-refractivity contribution >= 4 is 52.3 Å². The SMILES string of the molecule is Cc1cc(Cl)c2c(c1)[C@]1(C(=O)N2)[C@@H]2C(=O)N(c3cccc(Cl)c3C)C(=O)[C@@H]2[C@@H]2CCCN21. The molecule has 3 saturated heterocycles. The highest BCUT2D eigenvalue weighted by Crippen LogP contribution is 2.61. The van der Waals surface area contributed by atoms with Crippen LogP contribution in [0.2, 0.25) is 10.0 Å². The highest BCUT2D eigenvalue weighted by molar-refractivity contribution is 6.35. The van der Waals surface area contributed by atoms with E-state index in [0.717, 1.165) is 18.4 Å². The van der Waals surface area contributed by atoms with Crippen LogP contribution in [0.3, 0.4) is 0 Å². The largest absolute Gasteiger partial charge is 0.323 e. The number of anilines is 2. The number of amides is 3. The number of nitrogens with zero attached hydrogens (tertiary/aromatic N) is 2. The summed E-state index contributed by atoms with van der Waals surface area (Å²) in [6, 6.07) is 8.77. The first kappa shape index (κ1) is 20.2. The van der Waals surface area contributed by atoms with Gasteiger partial charge in [-0.1, -0.05) is 35.3 Å². The molecule has 32 heavy (non-hydrogen) atoms. The van der Waals surface area contributed by atoms with Gasteiger partial charge in [-0.15, -0.1) is 0 Å². The minimum absolute atomic E-state index is 0.170. The fraction of sp³-hybridized carbons (Fsp3) is 0.375. The molecule has 0 radical (unpaired) electrons. The van der Waals surface area contributed by atoms with Crippen LogP contribution in [0.15, 0.2) is 30.3 Å². The Kier molecular flexibility index (Phi) is 4.15. The molecule has 164 valence electrons. The summed E-state index contributed by atoms with van der Waals surface area (Å²) < 4.78 is 0. The maximum absolute atomic E-state index is 14.0. The van der Waals surface area contributed by atoms with Gasteiger partial charge in [0.15, 0.2) is 0 Å². The third-order valence-corrected chi connectivity index (χ3v) is 8.39. The molecular formula is C24H21Cl2N3O3. The summed E-state index contributed by atoms with van der Waals surface area (Å²) in [4.78, 5) is 44.8. The lowest BCUT2D eigenvalue weighted by molar-refractivity contribution is -0.135. The molecule has 3 fully saturated rings. The van der Waals surface area contributed by atoms with Crippen LogP contribution in [0.25, 0.3) is 0 Å². The molecule has 3 amide bonds. The van der Waals surface area contributed by atoms with Crippen molar-refractivity contribution in [2.75, 3.05) is 16.8 Å². The summed E-state index contributed by atoms with van der Waals surface area (Å²) in [6.07, 6.45) is 1.64. The number of hydrogen-bond acceptors (Lipinski definition) is 4. The summed E-state index contributed by atoms with van der Waals surface area (Å²) in [5.41, 5.74) is 2.09. The molecule has 0 bridgehead atoms. The van der Waals surface area contributed by atoms with Crippen molar-refractivity contribution < 1.29 is 14.4 Å². The van der Waals surface area contributed by atoms with Crippen LogP contribution in [-0.4, -0.2) is 35.2 Å². The summed E-state index contributed by atoms with van der Waals surface area (Å²) in [6.45, 7) is 4.37. The normalized spacial score (nSPS) is 30.8. The van der Waals surface area contributed by atoms with E-state index >= 15 is 0 Å². The van der Waals surface area contributed by atoms with Gasteiger partial charge in [-0.3, -0.25) is 19.3 Å². The Morgan fingerprint density at radius 3 is 2.62 bits per heavy atom. The van der Waals surface area contributed by atoms with Crippen molar-refractivity contribution in [3.63, 3.8) is 0 Å². The molecule has 2 aromatic carbocycles. The van der Waals surface area contributed by atoms with E-state index in [2.05, 4.69) is 10.2 Å². The summed E-state index contributed by atoms with van der Waals surface area (Å²) >= 11 is 12.8. The molecule has 4 aliphatic rings. The standard InChI is InChI=1S/C24H21Cl2N3O3/c1-11-9-13-20(15(26)10-11)27-23(32)24(13)19-18(17-7-4-8-28(17)24)21(30)29(22(19)31)16-6-3-5-14(25)12(16)2/h3,5-6,9-10,17-19H,4,7-8H2,1-2H3,(H,27,32)/t17-,18+,19-,24+/m0/s1. The molecule has 0 aromatic heterocycles. The van der Waals surface area contributed by atoms with Gasteiger partial charge in [0.1, 0.15) is 5.54 Å². The zero-order chi connectivity index (χ0) is 22.5. The summed E-state index contributed by atoms with van der Waals surface area (Å²) in [7, 11) is 0. The van der Waals surface area contributed by atoms with E-state index < -0.39 is 17.4 Å². The molecule has 0 aliphatic carbocycles. The second-order valence-electron chi connectivity index (χ2n) is 9.19. The minimum Gasteiger partial charge on any atom is -0.323 e. The molecule has 8 heteroatoms. The number of carbonyl (C=O) groups excluding carboxylic acids is 3. The first-order valence-corrected chi connectivity index (χ1v) is 11.6. The Balaban J connectivity index is 1.59. The zero-order valence-corrected chi connectivity index (χ0v) is 19.1. The highest BCUT2D eigenvalue weighted by Gasteiger charge is 2.74. The predicted molar refractivity (Wildman–Crippen MR) is 122 cm³/mol. The summed E-state index contributed by atoms with van der Waals surface area (Å²) in [5.74, 6) is -2.26. The smallest absolute Gasteiger partial charge is 0.250 e. The molecule has 1 N–H and O–H groups in total. The molecule has 4 heterocycles. The minimum atomic E-state index is -1.23. The Bertz CT molecular complexity index is 1250. The lowest BCUT2D eigenvalue weighted by Gasteiger charge is -2.37. The van der Waals surface area contributed by atoms with Crippen LogP contribution >= 0.6 is 23.2 Å². The molecule has 0 saturated carbocycles. The van der Waals surface area contributed by atoms with Gasteiger partial charge in [0.05, 0.1) is 28.2 Å². The van der Waals surface area contributed by atoms with Crippen molar-refractivity contribution in [2.45, 2.75) is 38.3 Å². The number of hydrogen-bond donors (Lipinski definition) is 1. The first-order chi connectivity index (χ1) is 15.3. The highest BCUT2D eigenvalue weighted by atomic mass is 35.5.